The molecular weight excluding hydrogens is 357 g/mol. The predicted molar refractivity (Wildman–Crippen MR) is 97.6 cm³/mol. The summed E-state index contributed by atoms with van der Waals surface area (Å²) in [7, 11) is -4.12. The van der Waals surface area contributed by atoms with E-state index in [1.807, 2.05) is 0 Å². The molecule has 0 fully saturated rings. The van der Waals surface area contributed by atoms with Gasteiger partial charge in [0.2, 0.25) is 5.91 Å². The van der Waals surface area contributed by atoms with E-state index in [-0.39, 0.29) is 57.8 Å². The van der Waals surface area contributed by atoms with Gasteiger partial charge in [-0.05, 0) is 13.3 Å². The number of hydrogen-bond acceptors (Lipinski definition) is 5. The van der Waals surface area contributed by atoms with Gasteiger partial charge in [-0.3, -0.25) is 9.59 Å². The van der Waals surface area contributed by atoms with E-state index in [1.165, 1.54) is 32.1 Å². The van der Waals surface area contributed by atoms with Gasteiger partial charge in [-0.1, -0.05) is 58.3 Å². The molecule has 8 heteroatoms. The van der Waals surface area contributed by atoms with Crippen molar-refractivity contribution in [1.29, 1.82) is 0 Å². The molecule has 0 unspecified atom stereocenters. The predicted octanol–water partition coefficient (Wildman–Crippen LogP) is 2.27. The number of carbonyl (C=O) groups is 2. The Morgan fingerprint density at radius 1 is 0.875 bits per heavy atom. The van der Waals surface area contributed by atoms with E-state index in [9.17, 15) is 18.0 Å². The molecule has 0 atom stereocenters. The van der Waals surface area contributed by atoms with Crippen molar-refractivity contribution in [2.24, 2.45) is 0 Å². The van der Waals surface area contributed by atoms with Crippen LogP contribution in [0, 0.1) is 0 Å². The maximum atomic E-state index is 11.5. The minimum atomic E-state index is -4.12. The number of amides is 1. The van der Waals surface area contributed by atoms with Crippen LogP contribution in [0.15, 0.2) is 0 Å². The van der Waals surface area contributed by atoms with Gasteiger partial charge in [0.1, 0.15) is 0 Å². The molecule has 6 nitrogen and oxygen atoms in total. The Labute approximate surface area is 189 Å². The number of unbranched alkanes of at least 4 members (excludes halogenated alkanes) is 8. The van der Waals surface area contributed by atoms with Gasteiger partial charge in [0.25, 0.3) is 0 Å². The van der Waals surface area contributed by atoms with Crippen LogP contribution in [0.1, 0.15) is 78.1 Å². The molecule has 0 aliphatic rings. The molecule has 0 aliphatic carbocycles. The van der Waals surface area contributed by atoms with E-state index >= 15 is 0 Å². The first-order valence-electron chi connectivity index (χ1n) is 8.63. The zero-order valence-corrected chi connectivity index (χ0v) is 15.3. The normalized spacial score (nSPS) is 10.8. The molecule has 0 aliphatic heterocycles. The molecule has 0 rings (SSSR count). The molecule has 0 saturated heterocycles. The summed E-state index contributed by atoms with van der Waals surface area (Å²) in [6.07, 6.45) is 10.1. The Bertz CT molecular complexity index is 440. The molecule has 0 saturated carbocycles. The third-order valence-electron chi connectivity index (χ3n) is 3.39. The summed E-state index contributed by atoms with van der Waals surface area (Å²) in [6, 6.07) is 0. The van der Waals surface area contributed by atoms with E-state index < -0.39 is 27.7 Å². The van der Waals surface area contributed by atoms with Gasteiger partial charge in [0, 0.05) is 13.0 Å². The molecule has 138 valence electrons. The zero-order chi connectivity index (χ0) is 17.6. The van der Waals surface area contributed by atoms with Crippen molar-refractivity contribution < 1.29 is 22.2 Å². The summed E-state index contributed by atoms with van der Waals surface area (Å²) in [5.74, 6) is -2.26. The molecule has 0 bridgehead atoms. The zero-order valence-electron chi connectivity index (χ0n) is 14.4. The summed E-state index contributed by atoms with van der Waals surface area (Å²) in [6.45, 7) is 4.20. The van der Waals surface area contributed by atoms with Crippen LogP contribution in [-0.4, -0.2) is 84.0 Å². The van der Waals surface area contributed by atoms with Gasteiger partial charge >= 0.3 is 67.5 Å². The van der Waals surface area contributed by atoms with Crippen molar-refractivity contribution in [2.75, 3.05) is 12.3 Å². The van der Waals surface area contributed by atoms with Crippen molar-refractivity contribution in [2.45, 2.75) is 78.1 Å². The van der Waals surface area contributed by atoms with E-state index in [1.54, 1.807) is 6.92 Å². The Balaban J connectivity index is 0. The third-order valence-corrected chi connectivity index (χ3v) is 4.44. The van der Waals surface area contributed by atoms with Crippen LogP contribution in [0.3, 0.4) is 0 Å². The van der Waals surface area contributed by atoms with Crippen LogP contribution in [0.5, 0.6) is 0 Å². The van der Waals surface area contributed by atoms with Crippen LogP contribution in [0.4, 0.5) is 0 Å². The summed E-state index contributed by atoms with van der Waals surface area (Å²) >= 11 is 0. The van der Waals surface area contributed by atoms with Crippen molar-refractivity contribution in [3.05, 3.63) is 0 Å². The molecular formula is C16H32KNO5S. The first-order valence-corrected chi connectivity index (χ1v) is 10.2. The molecule has 0 aromatic carbocycles. The Morgan fingerprint density at radius 2 is 1.38 bits per heavy atom. The summed E-state index contributed by atoms with van der Waals surface area (Å²) < 4.78 is 27.4. The number of rotatable bonds is 14. The molecule has 0 heterocycles. The van der Waals surface area contributed by atoms with Gasteiger partial charge in [0.15, 0.2) is 5.75 Å². The Kier molecular flexibility index (Phi) is 18.9. The van der Waals surface area contributed by atoms with E-state index in [0.717, 1.165) is 19.3 Å². The number of hydrogen-bond donors (Lipinski definition) is 1. The number of nitrogens with one attached hydrogen (secondary N) is 1. The second-order valence-electron chi connectivity index (χ2n) is 5.69. The van der Waals surface area contributed by atoms with Crippen LogP contribution in [0.25, 0.3) is 0 Å². The molecule has 1 amide bonds. The molecule has 0 radical (unpaired) electrons. The fourth-order valence-corrected chi connectivity index (χ4v) is 3.05. The average molecular weight is 390 g/mol. The molecule has 0 spiro atoms. The standard InChI is InChI=1S/C16H31NO5S.K.H/c1-3-5-6-7-8-9-10-11-12-13-16(19)22-23(20,21)14-15(18)17-4-2;;/h3-14H2,1-2H3,(H,17,18);;. The van der Waals surface area contributed by atoms with Gasteiger partial charge in [-0.2, -0.15) is 8.42 Å². The second kappa shape index (κ2) is 17.0. The van der Waals surface area contributed by atoms with Crippen molar-refractivity contribution in [3.8, 4) is 0 Å². The van der Waals surface area contributed by atoms with Crippen molar-refractivity contribution in [3.63, 3.8) is 0 Å². The quantitative estimate of drug-likeness (QED) is 0.280. The van der Waals surface area contributed by atoms with Gasteiger partial charge in [-0.25, -0.2) is 0 Å². The maximum absolute atomic E-state index is 11.5. The third kappa shape index (κ3) is 17.4. The Hall–Kier alpha value is 0.526. The minimum absolute atomic E-state index is 0. The second-order valence-corrected chi connectivity index (χ2v) is 7.26. The van der Waals surface area contributed by atoms with Crippen molar-refractivity contribution in [1.82, 2.24) is 5.32 Å². The van der Waals surface area contributed by atoms with Gasteiger partial charge < -0.3 is 9.50 Å². The fraction of sp³-hybridized carbons (Fsp3) is 0.875. The van der Waals surface area contributed by atoms with Gasteiger partial charge in [-0.15, -0.1) is 0 Å². The van der Waals surface area contributed by atoms with Crippen LogP contribution >= 0.6 is 0 Å². The van der Waals surface area contributed by atoms with Gasteiger partial charge in [0.05, 0.1) is 0 Å². The first kappa shape index (κ1) is 26.8. The fourth-order valence-electron chi connectivity index (χ4n) is 2.20. The number of carbonyl (C=O) groups excluding carboxylic acids is 2. The first-order chi connectivity index (χ1) is 10.9. The summed E-state index contributed by atoms with van der Waals surface area (Å²) in [5.41, 5.74) is 0. The van der Waals surface area contributed by atoms with E-state index in [4.69, 9.17) is 0 Å². The molecule has 24 heavy (non-hydrogen) atoms. The van der Waals surface area contributed by atoms with E-state index in [2.05, 4.69) is 16.4 Å². The van der Waals surface area contributed by atoms with E-state index in [0.29, 0.717) is 13.0 Å². The molecule has 1 N–H and O–H groups in total. The SMILES string of the molecule is CCCCCCCCCCCC(=O)OS(=O)(=O)CC(=O)NCC.[KH]. The molecule has 0 aromatic heterocycles. The average Bonchev–Trinajstić information content (AvgIpc) is 2.44. The van der Waals surface area contributed by atoms with Crippen LogP contribution in [0.2, 0.25) is 0 Å². The van der Waals surface area contributed by atoms with Crippen molar-refractivity contribution >= 4 is 73.4 Å². The monoisotopic (exact) mass is 389 g/mol. The molecule has 0 aromatic rings. The Morgan fingerprint density at radius 3 is 1.88 bits per heavy atom. The topological polar surface area (TPSA) is 89.5 Å². The summed E-state index contributed by atoms with van der Waals surface area (Å²) in [5, 5.41) is 2.35. The summed E-state index contributed by atoms with van der Waals surface area (Å²) in [4.78, 5) is 22.7. The van der Waals surface area contributed by atoms with Crippen LogP contribution < -0.4 is 5.32 Å². The van der Waals surface area contributed by atoms with Crippen LogP contribution in [-0.2, 0) is 23.9 Å².